The number of carbonyl (C=O) groups is 1. The van der Waals surface area contributed by atoms with Crippen LogP contribution in [0.5, 0.6) is 0 Å². The molecule has 0 aliphatic carbocycles. The second kappa shape index (κ2) is 8.18. The predicted octanol–water partition coefficient (Wildman–Crippen LogP) is 4.85. The molecule has 0 unspecified atom stereocenters. The maximum atomic E-state index is 13.5. The van der Waals surface area contributed by atoms with Gasteiger partial charge in [0.25, 0.3) is 0 Å². The summed E-state index contributed by atoms with van der Waals surface area (Å²) in [5.74, 6) is -0.323. The Kier molecular flexibility index (Phi) is 5.48. The van der Waals surface area contributed by atoms with Crippen molar-refractivity contribution in [3.63, 3.8) is 0 Å². The number of alkyl halides is 3. The number of para-hydroxylation sites is 1. The molecular weight excluding hydrogens is 439 g/mol. The minimum atomic E-state index is -4.40. The van der Waals surface area contributed by atoms with Gasteiger partial charge in [-0.15, -0.1) is 0 Å². The summed E-state index contributed by atoms with van der Waals surface area (Å²) in [5, 5.41) is 0.661. The lowest BCUT2D eigenvalue weighted by Crippen LogP contribution is -2.61. The molecule has 3 aliphatic rings. The number of piperazine rings is 1. The Hall–Kier alpha value is -2.41. The number of anilines is 2. The molecule has 0 spiro atoms. The van der Waals surface area contributed by atoms with E-state index < -0.39 is 11.7 Å². The molecule has 0 radical (unpaired) electrons. The largest absolute Gasteiger partial charge is 0.416 e. The summed E-state index contributed by atoms with van der Waals surface area (Å²) in [4.78, 5) is 19.7. The van der Waals surface area contributed by atoms with Crippen molar-refractivity contribution in [3.8, 4) is 0 Å². The zero-order valence-electron chi connectivity index (χ0n) is 17.6. The number of likely N-dealkylation sites (tertiary alicyclic amines) is 1. The van der Waals surface area contributed by atoms with E-state index in [9.17, 15) is 18.0 Å². The van der Waals surface area contributed by atoms with Gasteiger partial charge in [-0.3, -0.25) is 4.79 Å². The SMILES string of the molecule is O=C([C@H]1Cc2cc(C(F)(F)F)ccc2N2CCN(c3ccccc3Cl)C[C@H]12)N1CCCC1. The highest BCUT2D eigenvalue weighted by Gasteiger charge is 2.44. The van der Waals surface area contributed by atoms with Crippen LogP contribution in [0.2, 0.25) is 5.02 Å². The van der Waals surface area contributed by atoms with Crippen molar-refractivity contribution in [2.24, 2.45) is 5.92 Å². The third kappa shape index (κ3) is 3.81. The second-order valence-corrected chi connectivity index (χ2v) is 9.25. The second-order valence-electron chi connectivity index (χ2n) is 8.84. The van der Waals surface area contributed by atoms with Gasteiger partial charge in [-0.05, 0) is 55.2 Å². The van der Waals surface area contributed by atoms with Gasteiger partial charge < -0.3 is 14.7 Å². The van der Waals surface area contributed by atoms with Crippen molar-refractivity contribution in [1.29, 1.82) is 0 Å². The molecule has 0 aromatic heterocycles. The fourth-order valence-corrected chi connectivity index (χ4v) is 5.64. The van der Waals surface area contributed by atoms with Crippen LogP contribution in [-0.2, 0) is 17.4 Å². The molecule has 0 bridgehead atoms. The van der Waals surface area contributed by atoms with Crippen molar-refractivity contribution in [2.45, 2.75) is 31.5 Å². The smallest absolute Gasteiger partial charge is 0.366 e. The first-order valence-electron chi connectivity index (χ1n) is 11.1. The van der Waals surface area contributed by atoms with Crippen molar-refractivity contribution in [3.05, 3.63) is 58.6 Å². The fourth-order valence-electron chi connectivity index (χ4n) is 5.38. The average Bonchev–Trinajstić information content (AvgIpc) is 3.32. The van der Waals surface area contributed by atoms with Crippen LogP contribution in [-0.4, -0.2) is 49.6 Å². The number of nitrogens with zero attached hydrogens (tertiary/aromatic N) is 3. The van der Waals surface area contributed by atoms with Crippen molar-refractivity contribution >= 4 is 28.9 Å². The third-order valence-corrected chi connectivity index (χ3v) is 7.29. The lowest BCUT2D eigenvalue weighted by atomic mass is 9.82. The van der Waals surface area contributed by atoms with Crippen molar-refractivity contribution in [2.75, 3.05) is 42.5 Å². The Morgan fingerprint density at radius 2 is 1.72 bits per heavy atom. The number of hydrogen-bond acceptors (Lipinski definition) is 3. The number of benzene rings is 2. The van der Waals surface area contributed by atoms with E-state index >= 15 is 0 Å². The molecule has 0 N–H and O–H groups in total. The van der Waals surface area contributed by atoms with E-state index in [1.807, 2.05) is 29.2 Å². The van der Waals surface area contributed by atoms with Crippen LogP contribution in [0, 0.1) is 5.92 Å². The number of rotatable bonds is 2. The monoisotopic (exact) mass is 463 g/mol. The van der Waals surface area contributed by atoms with E-state index in [4.69, 9.17) is 11.6 Å². The van der Waals surface area contributed by atoms with Crippen LogP contribution in [0.3, 0.4) is 0 Å². The Morgan fingerprint density at radius 1 is 0.969 bits per heavy atom. The first-order chi connectivity index (χ1) is 15.3. The van der Waals surface area contributed by atoms with E-state index in [1.165, 1.54) is 6.07 Å². The Balaban J connectivity index is 1.51. The molecule has 4 nitrogen and oxygen atoms in total. The first-order valence-corrected chi connectivity index (χ1v) is 11.5. The minimum Gasteiger partial charge on any atom is -0.366 e. The summed E-state index contributed by atoms with van der Waals surface area (Å²) in [5.41, 5.74) is 1.70. The van der Waals surface area contributed by atoms with Crippen molar-refractivity contribution < 1.29 is 18.0 Å². The summed E-state index contributed by atoms with van der Waals surface area (Å²) in [6.07, 6.45) is -2.12. The van der Waals surface area contributed by atoms with Gasteiger partial charge in [-0.1, -0.05) is 23.7 Å². The van der Waals surface area contributed by atoms with Crippen LogP contribution in [0.15, 0.2) is 42.5 Å². The number of carbonyl (C=O) groups excluding carboxylic acids is 1. The molecule has 3 heterocycles. The van der Waals surface area contributed by atoms with Gasteiger partial charge >= 0.3 is 6.18 Å². The number of fused-ring (bicyclic) bond motifs is 3. The molecule has 2 saturated heterocycles. The summed E-state index contributed by atoms with van der Waals surface area (Å²) >= 11 is 6.44. The van der Waals surface area contributed by atoms with Gasteiger partial charge in [-0.2, -0.15) is 13.2 Å². The van der Waals surface area contributed by atoms with Crippen LogP contribution < -0.4 is 9.80 Å². The molecule has 170 valence electrons. The van der Waals surface area contributed by atoms with E-state index in [0.29, 0.717) is 36.6 Å². The molecule has 2 atom stereocenters. The first kappa shape index (κ1) is 21.4. The van der Waals surface area contributed by atoms with Crippen LogP contribution in [0.4, 0.5) is 24.5 Å². The van der Waals surface area contributed by atoms with Gasteiger partial charge in [-0.25, -0.2) is 0 Å². The Labute approximate surface area is 190 Å². The van der Waals surface area contributed by atoms with Crippen LogP contribution >= 0.6 is 11.6 Å². The summed E-state index contributed by atoms with van der Waals surface area (Å²) in [7, 11) is 0. The topological polar surface area (TPSA) is 26.8 Å². The predicted molar refractivity (Wildman–Crippen MR) is 119 cm³/mol. The average molecular weight is 464 g/mol. The molecule has 3 aliphatic heterocycles. The molecule has 32 heavy (non-hydrogen) atoms. The van der Waals surface area contributed by atoms with Gasteiger partial charge in [0.15, 0.2) is 0 Å². The number of amides is 1. The summed E-state index contributed by atoms with van der Waals surface area (Å²) < 4.78 is 40.1. The van der Waals surface area contributed by atoms with E-state index in [0.717, 1.165) is 43.4 Å². The maximum absolute atomic E-state index is 13.5. The van der Waals surface area contributed by atoms with Crippen LogP contribution in [0.25, 0.3) is 0 Å². The zero-order chi connectivity index (χ0) is 22.5. The molecule has 2 aromatic rings. The lowest BCUT2D eigenvalue weighted by Gasteiger charge is -2.50. The summed E-state index contributed by atoms with van der Waals surface area (Å²) in [6.45, 7) is 3.37. The highest BCUT2D eigenvalue weighted by Crippen LogP contribution is 2.41. The molecule has 0 saturated carbocycles. The minimum absolute atomic E-state index is 0.0570. The number of hydrogen-bond donors (Lipinski definition) is 0. The normalized spacial score (nSPS) is 23.2. The maximum Gasteiger partial charge on any atom is 0.416 e. The molecule has 2 aromatic carbocycles. The number of halogens is 4. The van der Waals surface area contributed by atoms with Gasteiger partial charge in [0.2, 0.25) is 5.91 Å². The molecule has 1 amide bonds. The van der Waals surface area contributed by atoms with Crippen molar-refractivity contribution in [1.82, 2.24) is 4.90 Å². The molecular formula is C24H25ClF3N3O. The van der Waals surface area contributed by atoms with Gasteiger partial charge in [0.1, 0.15) is 0 Å². The lowest BCUT2D eigenvalue weighted by molar-refractivity contribution is -0.137. The van der Waals surface area contributed by atoms with E-state index in [2.05, 4.69) is 9.80 Å². The standard InChI is InChI=1S/C24H25ClF3N3O/c25-19-5-1-2-6-21(19)30-11-12-31-20-8-7-17(24(26,27)28)13-16(20)14-18(22(31)15-30)23(32)29-9-3-4-10-29/h1-2,5-8,13,18,22H,3-4,9-12,14-15H2/t18-,22+/m0/s1. The van der Waals surface area contributed by atoms with E-state index in [-0.39, 0.29) is 17.9 Å². The zero-order valence-corrected chi connectivity index (χ0v) is 18.4. The highest BCUT2D eigenvalue weighted by molar-refractivity contribution is 6.33. The fraction of sp³-hybridized carbons (Fsp3) is 0.458. The highest BCUT2D eigenvalue weighted by atomic mass is 35.5. The van der Waals surface area contributed by atoms with Gasteiger partial charge in [0, 0.05) is 38.4 Å². The quantitative estimate of drug-likeness (QED) is 0.637. The molecule has 5 rings (SSSR count). The molecule has 8 heteroatoms. The van der Waals surface area contributed by atoms with Crippen LogP contribution in [0.1, 0.15) is 24.0 Å². The molecule has 2 fully saturated rings. The van der Waals surface area contributed by atoms with Gasteiger partial charge in [0.05, 0.1) is 28.2 Å². The van der Waals surface area contributed by atoms with E-state index in [1.54, 1.807) is 6.07 Å². The Bertz CT molecular complexity index is 1020. The third-order valence-electron chi connectivity index (χ3n) is 6.97. The Morgan fingerprint density at radius 3 is 2.44 bits per heavy atom. The summed E-state index contributed by atoms with van der Waals surface area (Å²) in [6, 6.07) is 11.5.